The van der Waals surface area contributed by atoms with Crippen molar-refractivity contribution in [1.82, 2.24) is 10.6 Å². The topological polar surface area (TPSA) is 58.2 Å². The minimum Gasteiger partial charge on any atom is -0.350 e. The summed E-state index contributed by atoms with van der Waals surface area (Å²) in [4.78, 5) is 23.7. The fourth-order valence-corrected chi connectivity index (χ4v) is 2.18. The summed E-state index contributed by atoms with van der Waals surface area (Å²) < 4.78 is 74.8. The van der Waals surface area contributed by atoms with E-state index in [1.165, 1.54) is 0 Å². The van der Waals surface area contributed by atoms with Gasteiger partial charge >= 0.3 is 12.4 Å². The lowest BCUT2D eigenvalue weighted by atomic mass is 10.1. The van der Waals surface area contributed by atoms with Crippen molar-refractivity contribution in [2.75, 3.05) is 13.1 Å². The van der Waals surface area contributed by atoms with Gasteiger partial charge in [-0.05, 0) is 48.5 Å². The molecule has 0 fully saturated rings. The van der Waals surface area contributed by atoms with E-state index in [4.69, 9.17) is 0 Å². The van der Waals surface area contributed by atoms with E-state index in [0.29, 0.717) is 0 Å². The smallest absolute Gasteiger partial charge is 0.350 e. The van der Waals surface area contributed by atoms with Crippen molar-refractivity contribution >= 4 is 11.8 Å². The number of amides is 2. The number of benzene rings is 2. The molecule has 0 radical (unpaired) electrons. The molecule has 0 aliphatic rings. The first kappa shape index (κ1) is 21.3. The van der Waals surface area contributed by atoms with E-state index in [2.05, 4.69) is 10.6 Å². The van der Waals surface area contributed by atoms with Crippen LogP contribution in [0.4, 0.5) is 26.3 Å². The number of hydrogen-bond acceptors (Lipinski definition) is 2. The largest absolute Gasteiger partial charge is 0.416 e. The standard InChI is InChI=1S/C18H14F6N2O2/c19-17(20,21)13-5-1-11(2-6-13)15(27)25-9-10-26-16(28)12-3-7-14(8-4-12)18(22,23)24/h1-8H,9-10H2,(H,25,27)(H,26,28). The van der Waals surface area contributed by atoms with Crippen LogP contribution in [0.5, 0.6) is 0 Å². The second-order valence-corrected chi connectivity index (χ2v) is 5.66. The summed E-state index contributed by atoms with van der Waals surface area (Å²) in [5, 5.41) is 4.82. The first-order valence-corrected chi connectivity index (χ1v) is 7.89. The normalized spacial score (nSPS) is 11.8. The molecule has 0 saturated heterocycles. The SMILES string of the molecule is O=C(NCCNC(=O)c1ccc(C(F)(F)F)cc1)c1ccc(C(F)(F)F)cc1. The lowest BCUT2D eigenvalue weighted by molar-refractivity contribution is -0.138. The zero-order chi connectivity index (χ0) is 20.9. The van der Waals surface area contributed by atoms with Gasteiger partial charge in [0.1, 0.15) is 0 Å². The molecule has 0 bridgehead atoms. The second kappa shape index (κ2) is 8.32. The Hall–Kier alpha value is -3.04. The monoisotopic (exact) mass is 404 g/mol. The molecule has 2 aromatic carbocycles. The molecule has 0 aromatic heterocycles. The maximum Gasteiger partial charge on any atom is 0.416 e. The highest BCUT2D eigenvalue weighted by Gasteiger charge is 2.31. The number of alkyl halides is 6. The van der Waals surface area contributed by atoms with Crippen LogP contribution in [0.15, 0.2) is 48.5 Å². The summed E-state index contributed by atoms with van der Waals surface area (Å²) in [6.45, 7) is -0.0432. The van der Waals surface area contributed by atoms with Gasteiger partial charge in [0.2, 0.25) is 0 Å². The maximum absolute atomic E-state index is 12.5. The first-order chi connectivity index (χ1) is 13.0. The van der Waals surface area contributed by atoms with Gasteiger partial charge in [-0.15, -0.1) is 0 Å². The molecule has 0 atom stereocenters. The van der Waals surface area contributed by atoms with Crippen molar-refractivity contribution in [2.24, 2.45) is 0 Å². The number of carbonyl (C=O) groups excluding carboxylic acids is 2. The molecule has 0 unspecified atom stereocenters. The van der Waals surface area contributed by atoms with Crippen LogP contribution in [-0.4, -0.2) is 24.9 Å². The summed E-state index contributed by atoms with van der Waals surface area (Å²) in [5.74, 6) is -1.25. The summed E-state index contributed by atoms with van der Waals surface area (Å²) >= 11 is 0. The van der Waals surface area contributed by atoms with Crippen molar-refractivity contribution < 1.29 is 35.9 Å². The summed E-state index contributed by atoms with van der Waals surface area (Å²) in [5.41, 5.74) is -1.73. The molecule has 150 valence electrons. The van der Waals surface area contributed by atoms with Gasteiger partial charge in [0, 0.05) is 24.2 Å². The van der Waals surface area contributed by atoms with Crippen molar-refractivity contribution in [3.05, 3.63) is 70.8 Å². The molecular weight excluding hydrogens is 390 g/mol. The minimum absolute atomic E-state index is 0.0158. The molecule has 0 heterocycles. The van der Waals surface area contributed by atoms with E-state index in [0.717, 1.165) is 48.5 Å². The van der Waals surface area contributed by atoms with Gasteiger partial charge in [-0.2, -0.15) is 26.3 Å². The average Bonchev–Trinajstić information content (AvgIpc) is 2.63. The fourth-order valence-electron chi connectivity index (χ4n) is 2.18. The van der Waals surface area contributed by atoms with Crippen LogP contribution < -0.4 is 10.6 Å². The van der Waals surface area contributed by atoms with Gasteiger partial charge in [0.05, 0.1) is 11.1 Å². The van der Waals surface area contributed by atoms with Crippen molar-refractivity contribution in [1.29, 1.82) is 0 Å². The number of carbonyl (C=O) groups is 2. The molecule has 28 heavy (non-hydrogen) atoms. The molecule has 2 aromatic rings. The Morgan fingerprint density at radius 1 is 0.607 bits per heavy atom. The van der Waals surface area contributed by atoms with Crippen LogP contribution >= 0.6 is 0 Å². The lowest BCUT2D eigenvalue weighted by Gasteiger charge is -2.10. The van der Waals surface area contributed by atoms with Crippen LogP contribution in [0, 0.1) is 0 Å². The molecule has 0 aliphatic carbocycles. The van der Waals surface area contributed by atoms with Gasteiger partial charge in [-0.25, -0.2) is 0 Å². The minimum atomic E-state index is -4.50. The molecule has 2 N–H and O–H groups in total. The van der Waals surface area contributed by atoms with Crippen LogP contribution in [0.25, 0.3) is 0 Å². The Labute approximate surface area is 155 Å². The lowest BCUT2D eigenvalue weighted by Crippen LogP contribution is -2.34. The Morgan fingerprint density at radius 3 is 1.14 bits per heavy atom. The molecule has 10 heteroatoms. The van der Waals surface area contributed by atoms with Crippen molar-refractivity contribution in [3.63, 3.8) is 0 Å². The molecule has 2 rings (SSSR count). The fraction of sp³-hybridized carbons (Fsp3) is 0.222. The van der Waals surface area contributed by atoms with Crippen LogP contribution in [0.2, 0.25) is 0 Å². The summed E-state index contributed by atoms with van der Waals surface area (Å²) in [7, 11) is 0. The second-order valence-electron chi connectivity index (χ2n) is 5.66. The van der Waals surface area contributed by atoms with Gasteiger partial charge in [0.25, 0.3) is 11.8 Å². The van der Waals surface area contributed by atoms with Gasteiger partial charge in [-0.3, -0.25) is 9.59 Å². The van der Waals surface area contributed by atoms with E-state index >= 15 is 0 Å². The van der Waals surface area contributed by atoms with Crippen molar-refractivity contribution in [3.8, 4) is 0 Å². The van der Waals surface area contributed by atoms with E-state index in [-0.39, 0.29) is 24.2 Å². The molecular formula is C18H14F6N2O2. The Balaban J connectivity index is 1.80. The van der Waals surface area contributed by atoms with E-state index in [1.807, 2.05) is 0 Å². The number of rotatable bonds is 5. The molecule has 0 spiro atoms. The predicted molar refractivity (Wildman–Crippen MR) is 87.6 cm³/mol. The molecule has 0 aliphatic heterocycles. The van der Waals surface area contributed by atoms with E-state index < -0.39 is 35.3 Å². The molecule has 2 amide bonds. The summed E-state index contributed by atoms with van der Waals surface area (Å²) in [6, 6.07) is 7.22. The predicted octanol–water partition coefficient (Wildman–Crippen LogP) is 3.88. The van der Waals surface area contributed by atoms with Gasteiger partial charge < -0.3 is 10.6 Å². The Kier molecular flexibility index (Phi) is 6.32. The number of hydrogen-bond donors (Lipinski definition) is 2. The van der Waals surface area contributed by atoms with Crippen LogP contribution in [0.1, 0.15) is 31.8 Å². The number of halogens is 6. The third-order valence-corrected chi connectivity index (χ3v) is 3.64. The van der Waals surface area contributed by atoms with Crippen molar-refractivity contribution in [2.45, 2.75) is 12.4 Å². The highest BCUT2D eigenvalue weighted by Crippen LogP contribution is 2.29. The number of nitrogens with one attached hydrogen (secondary N) is 2. The highest BCUT2D eigenvalue weighted by atomic mass is 19.4. The summed E-state index contributed by atoms with van der Waals surface area (Å²) in [6.07, 6.45) is -9.00. The Bertz CT molecular complexity index is 756. The molecule has 0 saturated carbocycles. The van der Waals surface area contributed by atoms with Gasteiger partial charge in [0.15, 0.2) is 0 Å². The zero-order valence-electron chi connectivity index (χ0n) is 14.1. The van der Waals surface area contributed by atoms with E-state index in [1.54, 1.807) is 0 Å². The Morgan fingerprint density at radius 2 is 0.893 bits per heavy atom. The molecule has 4 nitrogen and oxygen atoms in total. The van der Waals surface area contributed by atoms with Crippen LogP contribution in [0.3, 0.4) is 0 Å². The van der Waals surface area contributed by atoms with Gasteiger partial charge in [-0.1, -0.05) is 0 Å². The first-order valence-electron chi connectivity index (χ1n) is 7.89. The quantitative estimate of drug-likeness (QED) is 0.587. The third kappa shape index (κ3) is 5.73. The third-order valence-electron chi connectivity index (χ3n) is 3.64. The zero-order valence-corrected chi connectivity index (χ0v) is 14.1. The highest BCUT2D eigenvalue weighted by molar-refractivity contribution is 5.95. The van der Waals surface area contributed by atoms with E-state index in [9.17, 15) is 35.9 Å². The maximum atomic E-state index is 12.5. The van der Waals surface area contributed by atoms with Crippen LogP contribution in [-0.2, 0) is 12.4 Å². The average molecular weight is 404 g/mol.